The lowest BCUT2D eigenvalue weighted by Crippen LogP contribution is -2.34. The molecular weight excluding hydrogens is 304 g/mol. The molecule has 1 heterocycles. The molecule has 1 N–H and O–H groups in total. The molecule has 1 amide bonds. The molecule has 1 aromatic heterocycles. The number of amides is 1. The van der Waals surface area contributed by atoms with Crippen LogP contribution in [0.25, 0.3) is 0 Å². The topological polar surface area (TPSA) is 62.7 Å². The molecule has 2 aromatic rings. The lowest BCUT2D eigenvalue weighted by atomic mass is 10.1. The van der Waals surface area contributed by atoms with Crippen LogP contribution in [-0.2, 0) is 4.74 Å². The van der Waals surface area contributed by atoms with Gasteiger partial charge in [0.2, 0.25) is 0 Å². The van der Waals surface area contributed by atoms with Crippen molar-refractivity contribution in [3.8, 4) is 5.75 Å². The van der Waals surface area contributed by atoms with Gasteiger partial charge in [-0.1, -0.05) is 23.7 Å². The minimum atomic E-state index is -0.380. The Hall–Kier alpha value is -2.11. The SMILES string of the molecule is COC[C@H](c1ccc(Cl)cc1)N(C)C(=O)c1ncccc1O. The van der Waals surface area contributed by atoms with Gasteiger partial charge in [0.25, 0.3) is 5.91 Å². The van der Waals surface area contributed by atoms with Crippen molar-refractivity contribution < 1.29 is 14.6 Å². The molecule has 0 spiro atoms. The van der Waals surface area contributed by atoms with Crippen LogP contribution in [0, 0.1) is 0 Å². The Morgan fingerprint density at radius 3 is 2.64 bits per heavy atom. The number of hydrogen-bond donors (Lipinski definition) is 1. The van der Waals surface area contributed by atoms with Crippen LogP contribution in [0.1, 0.15) is 22.1 Å². The van der Waals surface area contributed by atoms with Gasteiger partial charge in [0, 0.05) is 25.4 Å². The first-order valence-electron chi connectivity index (χ1n) is 6.70. The average molecular weight is 321 g/mol. The molecule has 5 nitrogen and oxygen atoms in total. The van der Waals surface area contributed by atoms with Crippen molar-refractivity contribution in [2.24, 2.45) is 0 Å². The van der Waals surface area contributed by atoms with Gasteiger partial charge in [0.05, 0.1) is 12.6 Å². The smallest absolute Gasteiger partial charge is 0.276 e. The predicted molar refractivity (Wildman–Crippen MR) is 84.1 cm³/mol. The molecule has 0 fully saturated rings. The Morgan fingerprint density at radius 2 is 2.05 bits per heavy atom. The molecular formula is C16H17ClN2O3. The highest BCUT2D eigenvalue weighted by Crippen LogP contribution is 2.25. The van der Waals surface area contributed by atoms with Gasteiger partial charge < -0.3 is 14.7 Å². The summed E-state index contributed by atoms with van der Waals surface area (Å²) in [6.45, 7) is 0.317. The van der Waals surface area contributed by atoms with E-state index in [1.54, 1.807) is 32.4 Å². The first-order chi connectivity index (χ1) is 10.5. The molecule has 116 valence electrons. The van der Waals surface area contributed by atoms with Crippen LogP contribution in [0.3, 0.4) is 0 Å². The van der Waals surface area contributed by atoms with Crippen molar-refractivity contribution in [2.75, 3.05) is 20.8 Å². The van der Waals surface area contributed by atoms with Gasteiger partial charge in [0.15, 0.2) is 5.69 Å². The first kappa shape index (κ1) is 16.3. The fraction of sp³-hybridized carbons (Fsp3) is 0.250. The third kappa shape index (κ3) is 3.55. The minimum Gasteiger partial charge on any atom is -0.505 e. The number of nitrogens with zero attached hydrogens (tertiary/aromatic N) is 2. The van der Waals surface area contributed by atoms with Gasteiger partial charge >= 0.3 is 0 Å². The number of benzene rings is 1. The number of hydrogen-bond acceptors (Lipinski definition) is 4. The van der Waals surface area contributed by atoms with E-state index in [2.05, 4.69) is 4.98 Å². The number of likely N-dealkylation sites (N-methyl/N-ethyl adjacent to an activating group) is 1. The van der Waals surface area contributed by atoms with Crippen molar-refractivity contribution >= 4 is 17.5 Å². The summed E-state index contributed by atoms with van der Waals surface area (Å²) in [7, 11) is 3.22. The summed E-state index contributed by atoms with van der Waals surface area (Å²) in [5.74, 6) is -0.526. The number of carbonyl (C=O) groups is 1. The van der Waals surface area contributed by atoms with E-state index in [1.807, 2.05) is 12.1 Å². The van der Waals surface area contributed by atoms with Crippen molar-refractivity contribution in [1.82, 2.24) is 9.88 Å². The molecule has 1 atom stereocenters. The molecule has 0 aliphatic carbocycles. The van der Waals surface area contributed by atoms with Crippen molar-refractivity contribution in [3.05, 3.63) is 58.9 Å². The standard InChI is InChI=1S/C16H17ClN2O3/c1-19(16(21)15-14(20)4-3-9-18-15)13(10-22-2)11-5-7-12(17)8-6-11/h3-9,13,20H,10H2,1-2H3/t13-/m1/s1. The number of methoxy groups -OCH3 is 1. The van der Waals surface area contributed by atoms with Crippen molar-refractivity contribution in [2.45, 2.75) is 6.04 Å². The zero-order valence-corrected chi connectivity index (χ0v) is 13.1. The molecule has 1 aromatic carbocycles. The Morgan fingerprint density at radius 1 is 1.36 bits per heavy atom. The maximum Gasteiger partial charge on any atom is 0.276 e. The first-order valence-corrected chi connectivity index (χ1v) is 7.08. The van der Waals surface area contributed by atoms with Crippen molar-refractivity contribution in [1.29, 1.82) is 0 Å². The summed E-state index contributed by atoms with van der Waals surface area (Å²) in [6.07, 6.45) is 1.47. The highest BCUT2D eigenvalue weighted by atomic mass is 35.5. The number of carbonyl (C=O) groups excluding carboxylic acids is 1. The minimum absolute atomic E-state index is 0.0140. The van der Waals surface area contributed by atoms with Gasteiger partial charge in [-0.25, -0.2) is 4.98 Å². The average Bonchev–Trinajstić information content (AvgIpc) is 2.53. The largest absolute Gasteiger partial charge is 0.505 e. The lowest BCUT2D eigenvalue weighted by Gasteiger charge is -2.28. The summed E-state index contributed by atoms with van der Waals surface area (Å²) < 4.78 is 5.22. The van der Waals surface area contributed by atoms with E-state index in [4.69, 9.17) is 16.3 Å². The second-order valence-corrected chi connectivity index (χ2v) is 5.25. The number of aromatic hydroxyl groups is 1. The van der Waals surface area contributed by atoms with E-state index >= 15 is 0 Å². The summed E-state index contributed by atoms with van der Waals surface area (Å²) in [5, 5.41) is 10.4. The van der Waals surface area contributed by atoms with Gasteiger partial charge in [-0.05, 0) is 29.8 Å². The van der Waals surface area contributed by atoms with Gasteiger partial charge in [-0.15, -0.1) is 0 Å². The number of rotatable bonds is 5. The molecule has 6 heteroatoms. The Bertz CT molecular complexity index is 646. The third-order valence-corrected chi connectivity index (χ3v) is 3.61. The third-order valence-electron chi connectivity index (χ3n) is 3.36. The highest BCUT2D eigenvalue weighted by Gasteiger charge is 2.25. The predicted octanol–water partition coefficient (Wildman–Crippen LogP) is 2.90. The molecule has 22 heavy (non-hydrogen) atoms. The quantitative estimate of drug-likeness (QED) is 0.920. The lowest BCUT2D eigenvalue weighted by molar-refractivity contribution is 0.0594. The maximum atomic E-state index is 12.5. The Labute approximate surface area is 134 Å². The Kier molecular flexibility index (Phi) is 5.35. The molecule has 0 aliphatic heterocycles. The van der Waals surface area contributed by atoms with E-state index in [0.717, 1.165) is 5.56 Å². The van der Waals surface area contributed by atoms with Crippen LogP contribution < -0.4 is 0 Å². The molecule has 0 bridgehead atoms. The maximum absolute atomic E-state index is 12.5. The molecule has 0 saturated heterocycles. The van der Waals surface area contributed by atoms with Crippen LogP contribution in [0.15, 0.2) is 42.6 Å². The summed E-state index contributed by atoms with van der Waals surface area (Å²) in [5.41, 5.74) is 0.901. The second kappa shape index (κ2) is 7.24. The van der Waals surface area contributed by atoms with E-state index in [1.165, 1.54) is 17.2 Å². The fourth-order valence-electron chi connectivity index (χ4n) is 2.14. The number of pyridine rings is 1. The van der Waals surface area contributed by atoms with Crippen LogP contribution in [0.2, 0.25) is 5.02 Å². The monoisotopic (exact) mass is 320 g/mol. The number of ether oxygens (including phenoxy) is 1. The second-order valence-electron chi connectivity index (χ2n) is 4.81. The number of aromatic nitrogens is 1. The normalized spacial score (nSPS) is 12.0. The molecule has 2 rings (SSSR count). The van der Waals surface area contributed by atoms with Crippen LogP contribution in [0.5, 0.6) is 5.75 Å². The molecule has 0 aliphatic rings. The van der Waals surface area contributed by atoms with Crippen LogP contribution >= 0.6 is 11.6 Å². The van der Waals surface area contributed by atoms with E-state index < -0.39 is 0 Å². The number of halogens is 1. The van der Waals surface area contributed by atoms with Gasteiger partial charge in [0.1, 0.15) is 5.75 Å². The van der Waals surface area contributed by atoms with E-state index in [-0.39, 0.29) is 23.4 Å². The molecule has 0 saturated carbocycles. The summed E-state index contributed by atoms with van der Waals surface area (Å²) in [6, 6.07) is 9.89. The summed E-state index contributed by atoms with van der Waals surface area (Å²) in [4.78, 5) is 18.0. The fourth-order valence-corrected chi connectivity index (χ4v) is 2.27. The zero-order chi connectivity index (χ0) is 16.1. The van der Waals surface area contributed by atoms with Gasteiger partial charge in [-0.2, -0.15) is 0 Å². The van der Waals surface area contributed by atoms with Crippen LogP contribution in [-0.4, -0.2) is 41.7 Å². The van der Waals surface area contributed by atoms with E-state index in [0.29, 0.717) is 11.6 Å². The van der Waals surface area contributed by atoms with Gasteiger partial charge in [-0.3, -0.25) is 4.79 Å². The van der Waals surface area contributed by atoms with E-state index in [9.17, 15) is 9.90 Å². The Balaban J connectivity index is 2.30. The van der Waals surface area contributed by atoms with Crippen LogP contribution in [0.4, 0.5) is 0 Å². The highest BCUT2D eigenvalue weighted by molar-refractivity contribution is 6.30. The zero-order valence-electron chi connectivity index (χ0n) is 12.4. The molecule has 0 unspecified atom stereocenters. The summed E-state index contributed by atoms with van der Waals surface area (Å²) >= 11 is 5.90. The van der Waals surface area contributed by atoms with Crippen molar-refractivity contribution in [3.63, 3.8) is 0 Å². The molecule has 0 radical (unpaired) electrons.